The van der Waals surface area contributed by atoms with Gasteiger partial charge in [0.15, 0.2) is 0 Å². The van der Waals surface area contributed by atoms with Crippen molar-refractivity contribution in [3.8, 4) is 17.4 Å². The van der Waals surface area contributed by atoms with Gasteiger partial charge in [0.25, 0.3) is 0 Å². The molecule has 3 rings (SSSR count). The third-order valence-electron chi connectivity index (χ3n) is 3.56. The first-order chi connectivity index (χ1) is 12.1. The van der Waals surface area contributed by atoms with Gasteiger partial charge in [-0.2, -0.15) is 4.68 Å². The van der Waals surface area contributed by atoms with E-state index < -0.39 is 12.0 Å². The zero-order valence-electron chi connectivity index (χ0n) is 13.5. The normalized spacial score (nSPS) is 11.9. The number of para-hydroxylation sites is 1. The average Bonchev–Trinajstić information content (AvgIpc) is 3.09. The lowest BCUT2D eigenvalue weighted by atomic mass is 10.2. The number of benzene rings is 2. The fourth-order valence-corrected chi connectivity index (χ4v) is 2.11. The van der Waals surface area contributed by atoms with Crippen LogP contribution >= 0.6 is 0 Å². The molecule has 1 atom stereocenters. The van der Waals surface area contributed by atoms with E-state index in [-0.39, 0.29) is 6.01 Å². The zero-order valence-corrected chi connectivity index (χ0v) is 13.5. The molecule has 0 saturated heterocycles. The smallest absolute Gasteiger partial charge is 0.345 e. The first kappa shape index (κ1) is 16.6. The summed E-state index contributed by atoms with van der Waals surface area (Å²) in [5, 5.41) is 23.3. The summed E-state index contributed by atoms with van der Waals surface area (Å²) in [6.07, 6.45) is 0. The molecule has 0 saturated carbocycles. The molecule has 1 unspecified atom stereocenters. The van der Waals surface area contributed by atoms with Gasteiger partial charge in [-0.3, -0.25) is 4.79 Å². The molecule has 0 fully saturated rings. The summed E-state index contributed by atoms with van der Waals surface area (Å²) in [5.41, 5.74) is 1.74. The summed E-state index contributed by atoms with van der Waals surface area (Å²) in [6.45, 7) is 2.05. The van der Waals surface area contributed by atoms with E-state index in [1.165, 1.54) is 4.68 Å². The molecule has 1 aromatic heterocycles. The minimum atomic E-state index is -0.882. The molecule has 8 nitrogen and oxygen atoms in total. The third-order valence-corrected chi connectivity index (χ3v) is 3.56. The van der Waals surface area contributed by atoms with Crippen molar-refractivity contribution in [2.75, 3.05) is 0 Å². The Labute approximate surface area is 144 Å². The Kier molecular flexibility index (Phi) is 5.00. The first-order valence-electron chi connectivity index (χ1n) is 7.70. The number of tetrazole rings is 1. The van der Waals surface area contributed by atoms with Gasteiger partial charge in [-0.05, 0) is 47.2 Å². The molecule has 0 aliphatic rings. The number of nitrogens with one attached hydrogen (secondary N) is 1. The second-order valence-electron chi connectivity index (χ2n) is 5.40. The maximum absolute atomic E-state index is 10.8. The van der Waals surface area contributed by atoms with E-state index in [1.54, 1.807) is 19.1 Å². The predicted molar refractivity (Wildman–Crippen MR) is 89.6 cm³/mol. The fraction of sp³-hybridized carbons (Fsp3) is 0.176. The molecular formula is C17H17N5O3. The Balaban J connectivity index is 1.67. The molecule has 25 heavy (non-hydrogen) atoms. The summed E-state index contributed by atoms with van der Waals surface area (Å²) in [7, 11) is 0. The molecule has 3 aromatic rings. The molecule has 128 valence electrons. The summed E-state index contributed by atoms with van der Waals surface area (Å²) in [6, 6.07) is 16.4. The quantitative estimate of drug-likeness (QED) is 0.679. The third kappa shape index (κ3) is 4.18. The lowest BCUT2D eigenvalue weighted by Crippen LogP contribution is -2.33. The van der Waals surface area contributed by atoms with E-state index in [9.17, 15) is 4.79 Å². The molecule has 0 aliphatic heterocycles. The minimum Gasteiger partial charge on any atom is -0.480 e. The molecule has 2 N–H and O–H groups in total. The van der Waals surface area contributed by atoms with Crippen molar-refractivity contribution < 1.29 is 14.6 Å². The van der Waals surface area contributed by atoms with Crippen molar-refractivity contribution in [1.82, 2.24) is 25.5 Å². The number of hydrogen-bond donors (Lipinski definition) is 2. The van der Waals surface area contributed by atoms with Crippen LogP contribution in [0.15, 0.2) is 54.6 Å². The van der Waals surface area contributed by atoms with E-state index in [0.29, 0.717) is 12.3 Å². The molecule has 0 spiro atoms. The number of aromatic nitrogens is 4. The van der Waals surface area contributed by atoms with Crippen LogP contribution in [-0.4, -0.2) is 37.3 Å². The SMILES string of the molecule is CC(NCc1ccc(Oc2nnnn2-c2ccccc2)cc1)C(=O)O. The van der Waals surface area contributed by atoms with Crippen molar-refractivity contribution in [2.24, 2.45) is 0 Å². The van der Waals surface area contributed by atoms with Gasteiger partial charge < -0.3 is 15.2 Å². The Morgan fingerprint density at radius 1 is 1.20 bits per heavy atom. The Morgan fingerprint density at radius 2 is 1.92 bits per heavy atom. The van der Waals surface area contributed by atoms with Gasteiger partial charge in [0.1, 0.15) is 11.8 Å². The van der Waals surface area contributed by atoms with E-state index in [1.807, 2.05) is 42.5 Å². The summed E-state index contributed by atoms with van der Waals surface area (Å²) >= 11 is 0. The predicted octanol–water partition coefficient (Wildman–Crippen LogP) is 2.02. The van der Waals surface area contributed by atoms with Gasteiger partial charge >= 0.3 is 12.0 Å². The van der Waals surface area contributed by atoms with Crippen molar-refractivity contribution in [3.63, 3.8) is 0 Å². The van der Waals surface area contributed by atoms with Gasteiger partial charge in [0, 0.05) is 6.54 Å². The van der Waals surface area contributed by atoms with Gasteiger partial charge in [0.2, 0.25) is 0 Å². The van der Waals surface area contributed by atoms with Crippen LogP contribution in [0.2, 0.25) is 0 Å². The maximum Gasteiger partial charge on any atom is 0.345 e. The number of carbonyl (C=O) groups is 1. The van der Waals surface area contributed by atoms with Crippen LogP contribution in [0.1, 0.15) is 12.5 Å². The molecular weight excluding hydrogens is 322 g/mol. The molecule has 8 heteroatoms. The zero-order chi connectivity index (χ0) is 17.6. The van der Waals surface area contributed by atoms with E-state index >= 15 is 0 Å². The topological polar surface area (TPSA) is 102 Å². The van der Waals surface area contributed by atoms with Crippen LogP contribution in [0.25, 0.3) is 5.69 Å². The second kappa shape index (κ2) is 7.54. The van der Waals surface area contributed by atoms with Crippen LogP contribution in [0, 0.1) is 0 Å². The van der Waals surface area contributed by atoms with E-state index in [0.717, 1.165) is 11.3 Å². The molecule has 0 amide bonds. The summed E-state index contributed by atoms with van der Waals surface area (Å²) in [4.78, 5) is 10.8. The van der Waals surface area contributed by atoms with Crippen molar-refractivity contribution in [2.45, 2.75) is 19.5 Å². The highest BCUT2D eigenvalue weighted by Crippen LogP contribution is 2.21. The van der Waals surface area contributed by atoms with Gasteiger partial charge in [-0.15, -0.1) is 0 Å². The number of rotatable bonds is 7. The number of carboxylic acids is 1. The van der Waals surface area contributed by atoms with Crippen LogP contribution in [0.5, 0.6) is 11.8 Å². The number of nitrogens with zero attached hydrogens (tertiary/aromatic N) is 4. The lowest BCUT2D eigenvalue weighted by molar-refractivity contribution is -0.139. The average molecular weight is 339 g/mol. The Morgan fingerprint density at radius 3 is 2.60 bits per heavy atom. The van der Waals surface area contributed by atoms with Crippen LogP contribution in [0.3, 0.4) is 0 Å². The lowest BCUT2D eigenvalue weighted by Gasteiger charge is -2.10. The first-order valence-corrected chi connectivity index (χ1v) is 7.70. The number of ether oxygens (including phenoxy) is 1. The Bertz CT molecular complexity index is 833. The molecule has 2 aromatic carbocycles. The molecule has 0 bridgehead atoms. The summed E-state index contributed by atoms with van der Waals surface area (Å²) in [5.74, 6) is -0.297. The maximum atomic E-state index is 10.8. The molecule has 0 radical (unpaired) electrons. The number of aliphatic carboxylic acids is 1. The minimum absolute atomic E-state index is 0.261. The van der Waals surface area contributed by atoms with Gasteiger partial charge in [0.05, 0.1) is 5.69 Å². The van der Waals surface area contributed by atoms with E-state index in [2.05, 4.69) is 20.8 Å². The van der Waals surface area contributed by atoms with E-state index in [4.69, 9.17) is 9.84 Å². The van der Waals surface area contributed by atoms with Crippen molar-refractivity contribution >= 4 is 5.97 Å². The second-order valence-corrected chi connectivity index (χ2v) is 5.40. The summed E-state index contributed by atoms with van der Waals surface area (Å²) < 4.78 is 7.24. The highest BCUT2D eigenvalue weighted by molar-refractivity contribution is 5.72. The van der Waals surface area contributed by atoms with Crippen LogP contribution in [-0.2, 0) is 11.3 Å². The van der Waals surface area contributed by atoms with Gasteiger partial charge in [-0.25, -0.2) is 0 Å². The van der Waals surface area contributed by atoms with Crippen molar-refractivity contribution in [3.05, 3.63) is 60.2 Å². The monoisotopic (exact) mass is 339 g/mol. The Hall–Kier alpha value is -3.26. The van der Waals surface area contributed by atoms with Crippen molar-refractivity contribution in [1.29, 1.82) is 0 Å². The highest BCUT2D eigenvalue weighted by atomic mass is 16.5. The van der Waals surface area contributed by atoms with Gasteiger partial charge in [-0.1, -0.05) is 35.4 Å². The van der Waals surface area contributed by atoms with Crippen LogP contribution < -0.4 is 10.1 Å². The molecule has 0 aliphatic carbocycles. The fourth-order valence-electron chi connectivity index (χ4n) is 2.11. The largest absolute Gasteiger partial charge is 0.480 e. The number of hydrogen-bond acceptors (Lipinski definition) is 6. The number of carboxylic acid groups (broad SMARTS) is 1. The highest BCUT2D eigenvalue weighted by Gasteiger charge is 2.11. The standard InChI is InChI=1S/C17H17N5O3/c1-12(16(23)24)18-11-13-7-9-15(10-8-13)25-17-19-20-21-22(17)14-5-3-2-4-6-14/h2-10,12,18H,11H2,1H3,(H,23,24). The molecule has 1 heterocycles. The van der Waals surface area contributed by atoms with Crippen LogP contribution in [0.4, 0.5) is 0 Å².